The Morgan fingerprint density at radius 3 is 2.94 bits per heavy atom. The quantitative estimate of drug-likeness (QED) is 0.760. The van der Waals surface area contributed by atoms with Crippen molar-refractivity contribution < 1.29 is 4.79 Å². The summed E-state index contributed by atoms with van der Waals surface area (Å²) in [4.78, 5) is 16.1. The Bertz CT molecular complexity index is 269. The Hall–Kier alpha value is -0.610. The van der Waals surface area contributed by atoms with Crippen LogP contribution in [0.4, 0.5) is 0 Å². The van der Waals surface area contributed by atoms with Gasteiger partial charge in [0, 0.05) is 32.1 Å². The molecule has 0 bridgehead atoms. The molecule has 0 unspecified atom stereocenters. The lowest BCUT2D eigenvalue weighted by Gasteiger charge is -2.22. The van der Waals surface area contributed by atoms with Gasteiger partial charge in [-0.05, 0) is 38.9 Å². The van der Waals surface area contributed by atoms with Crippen LogP contribution >= 0.6 is 0 Å². The Kier molecular flexibility index (Phi) is 4.40. The lowest BCUT2D eigenvalue weighted by Crippen LogP contribution is -2.38. The van der Waals surface area contributed by atoms with Gasteiger partial charge in [0.15, 0.2) is 0 Å². The van der Waals surface area contributed by atoms with Crippen LogP contribution in [0.25, 0.3) is 0 Å². The molecule has 2 aliphatic heterocycles. The minimum atomic E-state index is 0.233. The first-order valence-electron chi connectivity index (χ1n) is 6.87. The van der Waals surface area contributed by atoms with E-state index >= 15 is 0 Å². The van der Waals surface area contributed by atoms with E-state index in [2.05, 4.69) is 29.1 Å². The fraction of sp³-hybridized carbons (Fsp3) is 0.923. The van der Waals surface area contributed by atoms with Gasteiger partial charge in [0.1, 0.15) is 0 Å². The maximum absolute atomic E-state index is 11.1. The molecule has 4 heteroatoms. The molecule has 2 aliphatic rings. The van der Waals surface area contributed by atoms with E-state index in [1.807, 2.05) is 0 Å². The Morgan fingerprint density at radius 1 is 1.47 bits per heavy atom. The van der Waals surface area contributed by atoms with Gasteiger partial charge in [0.25, 0.3) is 0 Å². The summed E-state index contributed by atoms with van der Waals surface area (Å²) in [5, 5.41) is 3.06. The summed E-state index contributed by atoms with van der Waals surface area (Å²) in [5.41, 5.74) is 0. The van der Waals surface area contributed by atoms with Gasteiger partial charge in [-0.25, -0.2) is 0 Å². The summed E-state index contributed by atoms with van der Waals surface area (Å²) in [6.07, 6.45) is 3.06. The molecule has 98 valence electrons. The highest BCUT2D eigenvalue weighted by molar-refractivity contribution is 5.78. The third-order valence-corrected chi connectivity index (χ3v) is 4.04. The molecule has 0 aliphatic carbocycles. The fourth-order valence-electron chi connectivity index (χ4n) is 2.92. The summed E-state index contributed by atoms with van der Waals surface area (Å²) in [6.45, 7) is 8.02. The van der Waals surface area contributed by atoms with Crippen molar-refractivity contribution in [2.24, 2.45) is 5.92 Å². The smallest absolute Gasteiger partial charge is 0.220 e. The second-order valence-electron chi connectivity index (χ2n) is 5.57. The normalized spacial score (nSPS) is 30.2. The van der Waals surface area contributed by atoms with Crippen molar-refractivity contribution in [1.29, 1.82) is 0 Å². The minimum Gasteiger partial charge on any atom is -0.352 e. The van der Waals surface area contributed by atoms with Gasteiger partial charge in [-0.3, -0.25) is 4.79 Å². The van der Waals surface area contributed by atoms with Crippen LogP contribution in [0.15, 0.2) is 0 Å². The highest BCUT2D eigenvalue weighted by atomic mass is 16.1. The van der Waals surface area contributed by atoms with Gasteiger partial charge in [-0.1, -0.05) is 6.92 Å². The van der Waals surface area contributed by atoms with Crippen LogP contribution in [0.2, 0.25) is 0 Å². The highest BCUT2D eigenvalue weighted by Gasteiger charge is 2.28. The zero-order valence-electron chi connectivity index (χ0n) is 11.1. The van der Waals surface area contributed by atoms with Crippen LogP contribution in [0.3, 0.4) is 0 Å². The predicted octanol–water partition coefficient (Wildman–Crippen LogP) is 0.539. The zero-order chi connectivity index (χ0) is 12.3. The third-order valence-electron chi connectivity index (χ3n) is 4.04. The molecule has 2 heterocycles. The molecule has 2 saturated heterocycles. The summed E-state index contributed by atoms with van der Waals surface area (Å²) < 4.78 is 0. The summed E-state index contributed by atoms with van der Waals surface area (Å²) >= 11 is 0. The van der Waals surface area contributed by atoms with Gasteiger partial charge in [0.05, 0.1) is 0 Å². The number of nitrogens with zero attached hydrogens (tertiary/aromatic N) is 2. The number of carbonyl (C=O) groups is 1. The van der Waals surface area contributed by atoms with Crippen molar-refractivity contribution in [3.8, 4) is 0 Å². The highest BCUT2D eigenvalue weighted by Crippen LogP contribution is 2.19. The molecule has 1 amide bonds. The van der Waals surface area contributed by atoms with Crippen LogP contribution in [0, 0.1) is 5.92 Å². The number of carbonyl (C=O) groups excluding carboxylic acids is 1. The van der Waals surface area contributed by atoms with Gasteiger partial charge in [-0.15, -0.1) is 0 Å². The second kappa shape index (κ2) is 5.83. The molecule has 4 nitrogen and oxygen atoms in total. The monoisotopic (exact) mass is 239 g/mol. The number of hydrogen-bond donors (Lipinski definition) is 1. The number of likely N-dealkylation sites (tertiary alicyclic amines) is 1. The number of nitrogens with one attached hydrogen (secondary N) is 1. The number of amides is 1. The van der Waals surface area contributed by atoms with Crippen molar-refractivity contribution in [3.63, 3.8) is 0 Å². The average molecular weight is 239 g/mol. The minimum absolute atomic E-state index is 0.233. The first kappa shape index (κ1) is 12.8. The number of rotatable bonds is 5. The lowest BCUT2D eigenvalue weighted by molar-refractivity contribution is -0.119. The van der Waals surface area contributed by atoms with E-state index in [1.54, 1.807) is 0 Å². The molecule has 2 rings (SSSR count). The molecule has 0 aromatic carbocycles. The Labute approximate surface area is 104 Å². The van der Waals surface area contributed by atoms with Crippen LogP contribution in [0.5, 0.6) is 0 Å². The van der Waals surface area contributed by atoms with E-state index in [1.165, 1.54) is 26.1 Å². The van der Waals surface area contributed by atoms with E-state index in [9.17, 15) is 4.79 Å². The van der Waals surface area contributed by atoms with Gasteiger partial charge < -0.3 is 15.1 Å². The van der Waals surface area contributed by atoms with E-state index in [0.717, 1.165) is 31.8 Å². The van der Waals surface area contributed by atoms with E-state index < -0.39 is 0 Å². The van der Waals surface area contributed by atoms with E-state index in [0.29, 0.717) is 6.04 Å². The largest absolute Gasteiger partial charge is 0.352 e. The van der Waals surface area contributed by atoms with Gasteiger partial charge >= 0.3 is 0 Å². The lowest BCUT2D eigenvalue weighted by atomic mass is 10.1. The fourth-order valence-corrected chi connectivity index (χ4v) is 2.92. The molecule has 0 radical (unpaired) electrons. The molecular weight excluding hydrogens is 214 g/mol. The first-order valence-corrected chi connectivity index (χ1v) is 6.87. The molecule has 17 heavy (non-hydrogen) atoms. The third kappa shape index (κ3) is 3.68. The van der Waals surface area contributed by atoms with Crippen molar-refractivity contribution in [2.75, 3.05) is 39.8 Å². The molecular formula is C13H25N3O. The molecule has 0 aromatic rings. The van der Waals surface area contributed by atoms with Crippen molar-refractivity contribution in [1.82, 2.24) is 15.1 Å². The molecule has 0 aromatic heterocycles. The summed E-state index contributed by atoms with van der Waals surface area (Å²) in [7, 11) is 2.19. The van der Waals surface area contributed by atoms with Crippen molar-refractivity contribution in [2.45, 2.75) is 32.2 Å². The van der Waals surface area contributed by atoms with Crippen LogP contribution < -0.4 is 5.32 Å². The molecule has 2 fully saturated rings. The first-order chi connectivity index (χ1) is 8.17. The maximum atomic E-state index is 11.1. The van der Waals surface area contributed by atoms with E-state index in [4.69, 9.17) is 0 Å². The molecule has 0 saturated carbocycles. The summed E-state index contributed by atoms with van der Waals surface area (Å²) in [6, 6.07) is 0.408. The number of hydrogen-bond acceptors (Lipinski definition) is 3. The van der Waals surface area contributed by atoms with Crippen LogP contribution in [-0.2, 0) is 4.79 Å². The zero-order valence-corrected chi connectivity index (χ0v) is 11.1. The second-order valence-corrected chi connectivity index (χ2v) is 5.57. The van der Waals surface area contributed by atoms with Crippen molar-refractivity contribution >= 4 is 5.91 Å². The van der Waals surface area contributed by atoms with Crippen LogP contribution in [-0.4, -0.2) is 61.5 Å². The molecule has 0 spiro atoms. The topological polar surface area (TPSA) is 35.6 Å². The maximum Gasteiger partial charge on any atom is 0.220 e. The average Bonchev–Trinajstić information content (AvgIpc) is 2.89. The molecule has 1 N–H and O–H groups in total. The summed E-state index contributed by atoms with van der Waals surface area (Å²) in [5.74, 6) is 1.05. The standard InChI is InChI=1S/C13H25N3O/c1-3-15(2)8-11-6-7-16(9-11)10-12-4-5-13(17)14-12/h11-12H,3-10H2,1-2H3,(H,14,17)/t11-,12+/m0/s1. The van der Waals surface area contributed by atoms with Crippen molar-refractivity contribution in [3.05, 3.63) is 0 Å². The molecule has 2 atom stereocenters. The Morgan fingerprint density at radius 2 is 2.29 bits per heavy atom. The van der Waals surface area contributed by atoms with Gasteiger partial charge in [0.2, 0.25) is 5.91 Å². The van der Waals surface area contributed by atoms with Gasteiger partial charge in [-0.2, -0.15) is 0 Å². The SMILES string of the molecule is CCN(C)C[C@@H]1CCN(C[C@H]2CCC(=O)N2)C1. The van der Waals surface area contributed by atoms with E-state index in [-0.39, 0.29) is 5.91 Å². The Balaban J connectivity index is 1.69. The predicted molar refractivity (Wildman–Crippen MR) is 68.9 cm³/mol. The van der Waals surface area contributed by atoms with Crippen LogP contribution in [0.1, 0.15) is 26.2 Å².